The van der Waals surface area contributed by atoms with Crippen molar-refractivity contribution in [3.05, 3.63) is 30.7 Å². The lowest BCUT2D eigenvalue weighted by atomic mass is 10.3. The van der Waals surface area contributed by atoms with Gasteiger partial charge in [-0.25, -0.2) is 4.98 Å². The number of hydrogen-bond donors (Lipinski definition) is 1. The summed E-state index contributed by atoms with van der Waals surface area (Å²) in [6.45, 7) is 5.65. The molecule has 0 aliphatic rings. The highest BCUT2D eigenvalue weighted by atomic mass is 16.5. The van der Waals surface area contributed by atoms with Gasteiger partial charge in [-0.2, -0.15) is 0 Å². The number of nitrogens with one attached hydrogen (secondary N) is 1. The topological polar surface area (TPSA) is 64.9 Å². The smallest absolute Gasteiger partial charge is 0.168 e. The summed E-state index contributed by atoms with van der Waals surface area (Å²) in [4.78, 5) is 4.30. The molecule has 0 unspecified atom stereocenters. The van der Waals surface area contributed by atoms with E-state index in [2.05, 4.69) is 20.6 Å². The van der Waals surface area contributed by atoms with E-state index in [-0.39, 0.29) is 6.10 Å². The third-order valence-corrected chi connectivity index (χ3v) is 2.46. The molecule has 2 heterocycles. The monoisotopic (exact) mass is 261 g/mol. The molecule has 6 heteroatoms. The summed E-state index contributed by atoms with van der Waals surface area (Å²) in [7, 11) is 0. The van der Waals surface area contributed by atoms with Crippen LogP contribution in [0.1, 0.15) is 20.3 Å². The molecule has 0 amide bonds. The van der Waals surface area contributed by atoms with Crippen molar-refractivity contribution in [2.75, 3.05) is 11.9 Å². The predicted molar refractivity (Wildman–Crippen MR) is 73.1 cm³/mol. The summed E-state index contributed by atoms with van der Waals surface area (Å²) in [6, 6.07) is 3.80. The molecule has 6 nitrogen and oxygen atoms in total. The predicted octanol–water partition coefficient (Wildman–Crippen LogP) is 1.96. The molecule has 2 aromatic heterocycles. The van der Waals surface area contributed by atoms with Gasteiger partial charge in [-0.1, -0.05) is 5.21 Å². The molecule has 2 rings (SSSR count). The maximum atomic E-state index is 5.70. The van der Waals surface area contributed by atoms with Gasteiger partial charge in [0.1, 0.15) is 0 Å². The van der Waals surface area contributed by atoms with E-state index in [9.17, 15) is 0 Å². The zero-order chi connectivity index (χ0) is 13.5. The van der Waals surface area contributed by atoms with Gasteiger partial charge < -0.3 is 10.1 Å². The van der Waals surface area contributed by atoms with Gasteiger partial charge in [0.2, 0.25) is 0 Å². The Hall–Kier alpha value is -2.11. The number of anilines is 1. The molecule has 0 aromatic carbocycles. The van der Waals surface area contributed by atoms with E-state index in [0.717, 1.165) is 31.1 Å². The third kappa shape index (κ3) is 4.24. The first-order valence-electron chi connectivity index (χ1n) is 6.45. The zero-order valence-corrected chi connectivity index (χ0v) is 11.3. The Kier molecular flexibility index (Phi) is 4.72. The van der Waals surface area contributed by atoms with Crippen molar-refractivity contribution < 1.29 is 4.74 Å². The van der Waals surface area contributed by atoms with E-state index in [1.165, 1.54) is 0 Å². The second kappa shape index (κ2) is 6.72. The van der Waals surface area contributed by atoms with E-state index >= 15 is 0 Å². The first kappa shape index (κ1) is 13.3. The van der Waals surface area contributed by atoms with Crippen LogP contribution in [0.25, 0.3) is 0 Å². The van der Waals surface area contributed by atoms with Crippen LogP contribution in [0.4, 0.5) is 5.82 Å². The van der Waals surface area contributed by atoms with Gasteiger partial charge >= 0.3 is 0 Å². The maximum Gasteiger partial charge on any atom is 0.168 e. The number of ether oxygens (including phenoxy) is 1. The molecular weight excluding hydrogens is 242 g/mol. The summed E-state index contributed by atoms with van der Waals surface area (Å²) >= 11 is 0. The Morgan fingerprint density at radius 3 is 3.00 bits per heavy atom. The summed E-state index contributed by atoms with van der Waals surface area (Å²) in [5, 5.41) is 11.0. The second-order valence-corrected chi connectivity index (χ2v) is 4.46. The number of hydrogen-bond acceptors (Lipinski definition) is 5. The highest BCUT2D eigenvalue weighted by Gasteiger charge is 2.05. The van der Waals surface area contributed by atoms with Crippen LogP contribution in [0.5, 0.6) is 5.75 Å². The van der Waals surface area contributed by atoms with Crippen molar-refractivity contribution in [3.8, 4) is 5.75 Å². The molecule has 0 radical (unpaired) electrons. The Labute approximate surface area is 112 Å². The minimum atomic E-state index is 0.139. The van der Waals surface area contributed by atoms with Crippen LogP contribution >= 0.6 is 0 Å². The van der Waals surface area contributed by atoms with Crippen LogP contribution in [-0.2, 0) is 6.54 Å². The molecule has 0 aliphatic carbocycles. The standard InChI is InChI=1S/C13H19N5O/c1-11(2)19-12-5-3-6-14-13(12)15-7-4-9-18-10-8-16-17-18/h3,5-6,8,10-11H,4,7,9H2,1-2H3,(H,14,15). The molecule has 102 valence electrons. The Bertz CT molecular complexity index is 484. The molecule has 0 bridgehead atoms. The lowest BCUT2D eigenvalue weighted by Gasteiger charge is -2.14. The van der Waals surface area contributed by atoms with Crippen LogP contribution < -0.4 is 10.1 Å². The SMILES string of the molecule is CC(C)Oc1cccnc1NCCCn1ccnn1. The van der Waals surface area contributed by atoms with Gasteiger partial charge in [-0.3, -0.25) is 4.68 Å². The van der Waals surface area contributed by atoms with Crippen LogP contribution in [0.15, 0.2) is 30.7 Å². The number of nitrogens with zero attached hydrogens (tertiary/aromatic N) is 4. The third-order valence-electron chi connectivity index (χ3n) is 2.46. The van der Waals surface area contributed by atoms with E-state index in [1.54, 1.807) is 12.4 Å². The van der Waals surface area contributed by atoms with Gasteiger partial charge in [-0.15, -0.1) is 5.10 Å². The molecule has 0 spiro atoms. The lowest BCUT2D eigenvalue weighted by Crippen LogP contribution is -2.12. The minimum absolute atomic E-state index is 0.139. The van der Waals surface area contributed by atoms with E-state index in [0.29, 0.717) is 0 Å². The number of pyridine rings is 1. The molecule has 0 atom stereocenters. The van der Waals surface area contributed by atoms with E-state index < -0.39 is 0 Å². The van der Waals surface area contributed by atoms with Crippen LogP contribution in [0, 0.1) is 0 Å². The number of aromatic nitrogens is 4. The van der Waals surface area contributed by atoms with Gasteiger partial charge in [0.15, 0.2) is 11.6 Å². The first-order chi connectivity index (χ1) is 9.25. The summed E-state index contributed by atoms with van der Waals surface area (Å²) in [5.74, 6) is 1.58. The molecule has 2 aromatic rings. The summed E-state index contributed by atoms with van der Waals surface area (Å²) < 4.78 is 7.51. The zero-order valence-electron chi connectivity index (χ0n) is 11.3. The van der Waals surface area contributed by atoms with Gasteiger partial charge in [-0.05, 0) is 32.4 Å². The highest BCUT2D eigenvalue weighted by Crippen LogP contribution is 2.21. The fourth-order valence-electron chi connectivity index (χ4n) is 1.67. The fraction of sp³-hybridized carbons (Fsp3) is 0.462. The number of aryl methyl sites for hydroxylation is 1. The van der Waals surface area contributed by atoms with Crippen LogP contribution in [-0.4, -0.2) is 32.6 Å². The van der Waals surface area contributed by atoms with Crippen molar-refractivity contribution in [3.63, 3.8) is 0 Å². The lowest BCUT2D eigenvalue weighted by molar-refractivity contribution is 0.243. The van der Waals surface area contributed by atoms with Crippen molar-refractivity contribution in [2.45, 2.75) is 32.9 Å². The Morgan fingerprint density at radius 1 is 1.37 bits per heavy atom. The molecule has 0 saturated heterocycles. The molecular formula is C13H19N5O. The van der Waals surface area contributed by atoms with Crippen molar-refractivity contribution in [1.82, 2.24) is 20.0 Å². The minimum Gasteiger partial charge on any atom is -0.487 e. The molecule has 19 heavy (non-hydrogen) atoms. The molecule has 1 N–H and O–H groups in total. The molecule has 0 aliphatic heterocycles. The summed E-state index contributed by atoms with van der Waals surface area (Å²) in [6.07, 6.45) is 6.38. The Balaban J connectivity index is 1.82. The normalized spacial score (nSPS) is 10.7. The number of rotatable bonds is 7. The van der Waals surface area contributed by atoms with Crippen LogP contribution in [0.3, 0.4) is 0 Å². The largest absolute Gasteiger partial charge is 0.487 e. The highest BCUT2D eigenvalue weighted by molar-refractivity contribution is 5.49. The second-order valence-electron chi connectivity index (χ2n) is 4.46. The van der Waals surface area contributed by atoms with Crippen molar-refractivity contribution >= 4 is 5.82 Å². The van der Waals surface area contributed by atoms with Gasteiger partial charge in [0.25, 0.3) is 0 Å². The van der Waals surface area contributed by atoms with Crippen molar-refractivity contribution in [1.29, 1.82) is 0 Å². The summed E-state index contributed by atoms with van der Waals surface area (Å²) in [5.41, 5.74) is 0. The molecule has 0 fully saturated rings. The van der Waals surface area contributed by atoms with E-state index in [1.807, 2.05) is 36.9 Å². The van der Waals surface area contributed by atoms with Gasteiger partial charge in [0.05, 0.1) is 12.3 Å². The average Bonchev–Trinajstić information content (AvgIpc) is 2.89. The molecule has 0 saturated carbocycles. The van der Waals surface area contributed by atoms with Gasteiger partial charge in [0, 0.05) is 25.5 Å². The first-order valence-corrected chi connectivity index (χ1v) is 6.45. The Morgan fingerprint density at radius 2 is 2.26 bits per heavy atom. The maximum absolute atomic E-state index is 5.70. The average molecular weight is 261 g/mol. The van der Waals surface area contributed by atoms with E-state index in [4.69, 9.17) is 4.74 Å². The fourth-order valence-corrected chi connectivity index (χ4v) is 1.67. The van der Waals surface area contributed by atoms with Crippen molar-refractivity contribution in [2.24, 2.45) is 0 Å². The quantitative estimate of drug-likeness (QED) is 0.772. The van der Waals surface area contributed by atoms with Crippen LogP contribution in [0.2, 0.25) is 0 Å².